The molecule has 23 heavy (non-hydrogen) atoms. The zero-order valence-corrected chi connectivity index (χ0v) is 13.5. The Labute approximate surface area is 138 Å². The minimum atomic E-state index is -0.0528. The third kappa shape index (κ3) is 4.23. The lowest BCUT2D eigenvalue weighted by Crippen LogP contribution is -2.33. The molecule has 0 bridgehead atoms. The fourth-order valence-corrected chi connectivity index (χ4v) is 3.13. The third-order valence-electron chi connectivity index (χ3n) is 3.42. The molecule has 1 amide bonds. The van der Waals surface area contributed by atoms with Crippen LogP contribution in [0.1, 0.15) is 27.7 Å². The molecule has 1 atom stereocenters. The van der Waals surface area contributed by atoms with E-state index in [4.69, 9.17) is 0 Å². The molecular weight excluding hydrogens is 310 g/mol. The van der Waals surface area contributed by atoms with Gasteiger partial charge in [0.25, 0.3) is 5.91 Å². The van der Waals surface area contributed by atoms with Crippen LogP contribution in [0.25, 0.3) is 0 Å². The molecule has 118 valence electrons. The molecule has 1 N–H and O–H groups in total. The zero-order valence-electron chi connectivity index (χ0n) is 12.7. The Hall–Kier alpha value is -2.54. The number of nitrogens with zero attached hydrogens (tertiary/aromatic N) is 4. The van der Waals surface area contributed by atoms with E-state index in [1.165, 1.54) is 4.88 Å². The highest BCUT2D eigenvalue weighted by atomic mass is 32.1. The van der Waals surface area contributed by atoms with Crippen molar-refractivity contribution in [3.05, 3.63) is 64.1 Å². The van der Waals surface area contributed by atoms with Crippen molar-refractivity contribution in [1.29, 1.82) is 0 Å². The van der Waals surface area contributed by atoms with Crippen LogP contribution < -0.4 is 5.32 Å². The Morgan fingerprint density at radius 2 is 2.13 bits per heavy atom. The molecule has 0 saturated carbocycles. The average Bonchev–Trinajstić information content (AvgIpc) is 3.21. The maximum absolute atomic E-state index is 12.3. The lowest BCUT2D eigenvalue weighted by atomic mass is 10.1. The Morgan fingerprint density at radius 3 is 2.78 bits per heavy atom. The number of carbonyl (C=O) groups excluding carboxylic acids is 1. The van der Waals surface area contributed by atoms with Crippen LogP contribution in [0.3, 0.4) is 0 Å². The van der Waals surface area contributed by atoms with Crippen molar-refractivity contribution in [1.82, 2.24) is 25.5 Å². The minimum absolute atomic E-state index is 0.0528. The van der Waals surface area contributed by atoms with Crippen molar-refractivity contribution in [2.75, 3.05) is 0 Å². The number of thiophene rings is 1. The summed E-state index contributed by atoms with van der Waals surface area (Å²) in [5.74, 6) is -0.0528. The molecule has 2 aromatic heterocycles. The standard InChI is InChI=1S/C16H17N5OS/c1-12(9-15-3-2-8-23-15)18-16(22)14-6-4-13(5-7-14)10-21-11-17-19-20-21/h2-8,11-12H,9-10H2,1H3,(H,18,22). The highest BCUT2D eigenvalue weighted by Gasteiger charge is 2.11. The number of hydrogen-bond donors (Lipinski definition) is 1. The fraction of sp³-hybridized carbons (Fsp3) is 0.250. The number of hydrogen-bond acceptors (Lipinski definition) is 5. The highest BCUT2D eigenvalue weighted by Crippen LogP contribution is 2.12. The van der Waals surface area contributed by atoms with Crippen LogP contribution in [0.2, 0.25) is 0 Å². The summed E-state index contributed by atoms with van der Waals surface area (Å²) in [7, 11) is 0. The summed E-state index contributed by atoms with van der Waals surface area (Å²) >= 11 is 1.71. The number of amides is 1. The average molecular weight is 327 g/mol. The Kier molecular flexibility index (Phi) is 4.77. The number of carbonyl (C=O) groups is 1. The van der Waals surface area contributed by atoms with Gasteiger partial charge in [0.15, 0.2) is 0 Å². The van der Waals surface area contributed by atoms with Crippen LogP contribution in [-0.4, -0.2) is 32.2 Å². The van der Waals surface area contributed by atoms with Gasteiger partial charge in [0.05, 0.1) is 6.54 Å². The summed E-state index contributed by atoms with van der Waals surface area (Å²) < 4.78 is 1.64. The highest BCUT2D eigenvalue weighted by molar-refractivity contribution is 7.09. The molecule has 1 aromatic carbocycles. The van der Waals surface area contributed by atoms with Crippen molar-refractivity contribution < 1.29 is 4.79 Å². The quantitative estimate of drug-likeness (QED) is 0.753. The number of aromatic nitrogens is 4. The van der Waals surface area contributed by atoms with Crippen molar-refractivity contribution in [3.8, 4) is 0 Å². The first-order valence-corrected chi connectivity index (χ1v) is 8.21. The Balaban J connectivity index is 1.56. The van der Waals surface area contributed by atoms with Crippen molar-refractivity contribution in [3.63, 3.8) is 0 Å². The van der Waals surface area contributed by atoms with E-state index in [0.29, 0.717) is 12.1 Å². The summed E-state index contributed by atoms with van der Waals surface area (Å²) in [5, 5.41) is 16.1. The van der Waals surface area contributed by atoms with Crippen LogP contribution in [0, 0.1) is 0 Å². The summed E-state index contributed by atoms with van der Waals surface area (Å²) in [5.41, 5.74) is 1.70. The van der Waals surface area contributed by atoms with Crippen molar-refractivity contribution in [2.24, 2.45) is 0 Å². The SMILES string of the molecule is CC(Cc1cccs1)NC(=O)c1ccc(Cn2cnnn2)cc1. The van der Waals surface area contributed by atoms with Crippen LogP contribution in [0.5, 0.6) is 0 Å². The van der Waals surface area contributed by atoms with Gasteiger partial charge in [-0.3, -0.25) is 4.79 Å². The van der Waals surface area contributed by atoms with Gasteiger partial charge in [0.2, 0.25) is 0 Å². The monoisotopic (exact) mass is 327 g/mol. The van der Waals surface area contributed by atoms with Gasteiger partial charge in [0.1, 0.15) is 6.33 Å². The Morgan fingerprint density at radius 1 is 1.30 bits per heavy atom. The van der Waals surface area contributed by atoms with Crippen LogP contribution in [-0.2, 0) is 13.0 Å². The molecule has 2 heterocycles. The van der Waals surface area contributed by atoms with E-state index in [1.807, 2.05) is 42.6 Å². The largest absolute Gasteiger partial charge is 0.349 e. The second-order valence-electron chi connectivity index (χ2n) is 5.36. The molecule has 1 unspecified atom stereocenters. The molecule has 3 aromatic rings. The summed E-state index contributed by atoms with van der Waals surface area (Å²) in [6, 6.07) is 11.7. The van der Waals surface area contributed by atoms with Gasteiger partial charge in [-0.1, -0.05) is 18.2 Å². The normalized spacial score (nSPS) is 12.0. The van der Waals surface area contributed by atoms with Gasteiger partial charge in [0, 0.05) is 22.9 Å². The van der Waals surface area contributed by atoms with E-state index >= 15 is 0 Å². The maximum atomic E-state index is 12.3. The summed E-state index contributed by atoms with van der Waals surface area (Å²) in [6.07, 6.45) is 2.41. The topological polar surface area (TPSA) is 72.7 Å². The molecule has 6 nitrogen and oxygen atoms in total. The molecule has 0 spiro atoms. The molecule has 3 rings (SSSR count). The maximum Gasteiger partial charge on any atom is 0.251 e. The van der Waals surface area contributed by atoms with Crippen molar-refractivity contribution >= 4 is 17.2 Å². The van der Waals surface area contributed by atoms with Gasteiger partial charge < -0.3 is 5.32 Å². The molecule has 0 radical (unpaired) electrons. The minimum Gasteiger partial charge on any atom is -0.349 e. The van der Waals surface area contributed by atoms with Gasteiger partial charge in [-0.25, -0.2) is 4.68 Å². The van der Waals surface area contributed by atoms with E-state index in [1.54, 1.807) is 22.3 Å². The second kappa shape index (κ2) is 7.15. The molecule has 0 aliphatic carbocycles. The summed E-state index contributed by atoms with van der Waals surface area (Å²) in [6.45, 7) is 2.60. The molecular formula is C16H17N5OS. The zero-order chi connectivity index (χ0) is 16.1. The first-order valence-electron chi connectivity index (χ1n) is 7.33. The van der Waals surface area contributed by atoms with Crippen LogP contribution >= 0.6 is 11.3 Å². The molecule has 7 heteroatoms. The van der Waals surface area contributed by atoms with Gasteiger partial charge in [-0.2, -0.15) is 0 Å². The first-order chi connectivity index (χ1) is 11.2. The summed E-state index contributed by atoms with van der Waals surface area (Å²) in [4.78, 5) is 13.5. The fourth-order valence-electron chi connectivity index (χ4n) is 2.29. The number of tetrazole rings is 1. The van der Waals surface area contributed by atoms with E-state index in [0.717, 1.165) is 12.0 Å². The Bertz CT molecular complexity index is 737. The lowest BCUT2D eigenvalue weighted by molar-refractivity contribution is 0.0940. The van der Waals surface area contributed by atoms with Crippen LogP contribution in [0.15, 0.2) is 48.1 Å². The molecule has 0 saturated heterocycles. The first kappa shape index (κ1) is 15.4. The van der Waals surface area contributed by atoms with Crippen LogP contribution in [0.4, 0.5) is 0 Å². The van der Waals surface area contributed by atoms with Gasteiger partial charge in [-0.15, -0.1) is 16.4 Å². The second-order valence-corrected chi connectivity index (χ2v) is 6.39. The van der Waals surface area contributed by atoms with E-state index in [2.05, 4.69) is 26.9 Å². The van der Waals surface area contributed by atoms with E-state index in [-0.39, 0.29) is 11.9 Å². The predicted molar refractivity (Wildman–Crippen MR) is 88.3 cm³/mol. The molecule has 0 aliphatic rings. The number of rotatable bonds is 6. The smallest absolute Gasteiger partial charge is 0.251 e. The van der Waals surface area contributed by atoms with Crippen molar-refractivity contribution in [2.45, 2.75) is 25.9 Å². The van der Waals surface area contributed by atoms with E-state index < -0.39 is 0 Å². The van der Waals surface area contributed by atoms with E-state index in [9.17, 15) is 4.79 Å². The van der Waals surface area contributed by atoms with Gasteiger partial charge >= 0.3 is 0 Å². The number of benzene rings is 1. The lowest BCUT2D eigenvalue weighted by Gasteiger charge is -2.13. The molecule has 0 fully saturated rings. The molecule has 0 aliphatic heterocycles. The van der Waals surface area contributed by atoms with Gasteiger partial charge in [-0.05, 0) is 46.5 Å². The number of nitrogens with one attached hydrogen (secondary N) is 1. The predicted octanol–water partition coefficient (Wildman–Crippen LogP) is 2.14. The third-order valence-corrected chi connectivity index (χ3v) is 4.32.